The van der Waals surface area contributed by atoms with Crippen molar-refractivity contribution in [3.63, 3.8) is 0 Å². The molecule has 170 valence electrons. The highest BCUT2D eigenvalue weighted by Gasteiger charge is 2.28. The van der Waals surface area contributed by atoms with Crippen LogP contribution in [0.3, 0.4) is 0 Å². The SMILES string of the molecule is CC1CCCN(S(=O)(=O)c2ccc(NC(=O)CSc3nc4nc(N)[nH]c(=O)c4[nH]3)cc2)C1. The minimum Gasteiger partial charge on any atom is -0.369 e. The first-order chi connectivity index (χ1) is 15.2. The monoisotopic (exact) mass is 477 g/mol. The van der Waals surface area contributed by atoms with Crippen LogP contribution < -0.4 is 16.6 Å². The number of hydrogen-bond donors (Lipinski definition) is 4. The lowest BCUT2D eigenvalue weighted by molar-refractivity contribution is -0.113. The van der Waals surface area contributed by atoms with E-state index in [4.69, 9.17) is 5.73 Å². The van der Waals surface area contributed by atoms with Crippen molar-refractivity contribution in [1.29, 1.82) is 0 Å². The lowest BCUT2D eigenvalue weighted by Crippen LogP contribution is -2.39. The van der Waals surface area contributed by atoms with E-state index in [1.165, 1.54) is 16.4 Å². The van der Waals surface area contributed by atoms with Crippen molar-refractivity contribution >= 4 is 50.5 Å². The van der Waals surface area contributed by atoms with Crippen LogP contribution in [-0.2, 0) is 14.8 Å². The summed E-state index contributed by atoms with van der Waals surface area (Å²) in [5.41, 5.74) is 5.90. The average Bonchev–Trinajstić information content (AvgIpc) is 3.16. The van der Waals surface area contributed by atoms with Crippen LogP contribution in [0.4, 0.5) is 11.6 Å². The van der Waals surface area contributed by atoms with Gasteiger partial charge in [0.1, 0.15) is 0 Å². The Labute approximate surface area is 188 Å². The van der Waals surface area contributed by atoms with E-state index < -0.39 is 15.6 Å². The fraction of sp³-hybridized carbons (Fsp3) is 0.368. The first kappa shape index (κ1) is 22.3. The summed E-state index contributed by atoms with van der Waals surface area (Å²) in [6, 6.07) is 6.13. The second-order valence-electron chi connectivity index (χ2n) is 7.66. The maximum absolute atomic E-state index is 12.8. The average molecular weight is 478 g/mol. The number of nitrogens with two attached hydrogens (primary N) is 1. The number of sulfonamides is 1. The number of thioether (sulfide) groups is 1. The maximum Gasteiger partial charge on any atom is 0.278 e. The molecule has 0 aliphatic carbocycles. The largest absolute Gasteiger partial charge is 0.369 e. The van der Waals surface area contributed by atoms with Crippen LogP contribution in [0.25, 0.3) is 11.2 Å². The Morgan fingerprint density at radius 2 is 2.03 bits per heavy atom. The highest BCUT2D eigenvalue weighted by molar-refractivity contribution is 7.99. The van der Waals surface area contributed by atoms with Crippen molar-refractivity contribution in [1.82, 2.24) is 24.2 Å². The maximum atomic E-state index is 12.8. The number of hydrogen-bond acceptors (Lipinski definition) is 8. The molecule has 4 rings (SSSR count). The molecule has 3 aromatic rings. The number of nitrogen functional groups attached to an aromatic ring is 1. The Morgan fingerprint density at radius 3 is 2.75 bits per heavy atom. The molecule has 1 aliphatic rings. The Morgan fingerprint density at radius 1 is 1.28 bits per heavy atom. The molecular formula is C19H23N7O4S2. The van der Waals surface area contributed by atoms with Gasteiger partial charge in [0.05, 0.1) is 10.6 Å². The minimum atomic E-state index is -3.54. The smallest absolute Gasteiger partial charge is 0.278 e. The second kappa shape index (κ2) is 8.92. The van der Waals surface area contributed by atoms with Gasteiger partial charge < -0.3 is 16.0 Å². The molecule has 1 fully saturated rings. The third kappa shape index (κ3) is 4.79. The summed E-state index contributed by atoms with van der Waals surface area (Å²) in [5, 5.41) is 3.08. The van der Waals surface area contributed by atoms with Gasteiger partial charge in [0.25, 0.3) is 5.56 Å². The van der Waals surface area contributed by atoms with Gasteiger partial charge in [-0.15, -0.1) is 0 Å². The van der Waals surface area contributed by atoms with Crippen molar-refractivity contribution in [2.24, 2.45) is 5.92 Å². The quantitative estimate of drug-likeness (QED) is 0.386. The summed E-state index contributed by atoms with van der Waals surface area (Å²) >= 11 is 1.10. The summed E-state index contributed by atoms with van der Waals surface area (Å²) in [5.74, 6) is 0.0209. The summed E-state index contributed by atoms with van der Waals surface area (Å²) in [7, 11) is -3.54. The summed E-state index contributed by atoms with van der Waals surface area (Å²) < 4.78 is 27.2. The molecular weight excluding hydrogens is 454 g/mol. The van der Waals surface area contributed by atoms with Gasteiger partial charge in [0.2, 0.25) is 21.9 Å². The van der Waals surface area contributed by atoms with Gasteiger partial charge in [-0.1, -0.05) is 18.7 Å². The molecule has 3 heterocycles. The van der Waals surface area contributed by atoms with E-state index in [1.807, 2.05) is 6.92 Å². The van der Waals surface area contributed by atoms with Gasteiger partial charge in [-0.2, -0.15) is 9.29 Å². The van der Waals surface area contributed by atoms with Gasteiger partial charge in [0.15, 0.2) is 16.3 Å². The van der Waals surface area contributed by atoms with Gasteiger partial charge in [-0.3, -0.25) is 14.6 Å². The van der Waals surface area contributed by atoms with E-state index in [9.17, 15) is 18.0 Å². The number of nitrogens with one attached hydrogen (secondary N) is 3. The summed E-state index contributed by atoms with van der Waals surface area (Å²) in [4.78, 5) is 37.6. The molecule has 1 aromatic carbocycles. The van der Waals surface area contributed by atoms with Crippen LogP contribution in [0.1, 0.15) is 19.8 Å². The van der Waals surface area contributed by atoms with Crippen LogP contribution in [0.5, 0.6) is 0 Å². The molecule has 0 saturated carbocycles. The first-order valence-corrected chi connectivity index (χ1v) is 12.4. The summed E-state index contributed by atoms with van der Waals surface area (Å²) in [6.07, 6.45) is 1.89. The Hall–Kier alpha value is -2.90. The van der Waals surface area contributed by atoms with Crippen molar-refractivity contribution in [3.05, 3.63) is 34.6 Å². The number of nitrogens with zero attached hydrogens (tertiary/aromatic N) is 3. The van der Waals surface area contributed by atoms with Crippen molar-refractivity contribution in [2.75, 3.05) is 29.9 Å². The molecule has 0 spiro atoms. The van der Waals surface area contributed by atoms with Crippen molar-refractivity contribution in [2.45, 2.75) is 29.8 Å². The Bertz CT molecular complexity index is 1300. The molecule has 5 N–H and O–H groups in total. The van der Waals surface area contributed by atoms with Gasteiger partial charge in [-0.05, 0) is 43.0 Å². The number of imidazole rings is 1. The third-order valence-electron chi connectivity index (χ3n) is 5.09. The van der Waals surface area contributed by atoms with E-state index in [0.29, 0.717) is 29.9 Å². The molecule has 1 atom stereocenters. The standard InChI is InChI=1S/C19H23N7O4S2/c1-11-3-2-8-26(9-11)32(29,30)13-6-4-12(5-7-13)21-14(27)10-31-19-22-15-16(24-19)23-18(20)25-17(15)28/h4-7,11H,2-3,8-10H2,1H3,(H,21,27)(H4,20,22,23,24,25,28). The molecule has 1 unspecified atom stereocenters. The van der Waals surface area contributed by atoms with E-state index in [2.05, 4.69) is 25.3 Å². The van der Waals surface area contributed by atoms with Crippen LogP contribution in [0.15, 0.2) is 39.1 Å². The lowest BCUT2D eigenvalue weighted by Gasteiger charge is -2.30. The molecule has 0 radical (unpaired) electrons. The van der Waals surface area contributed by atoms with E-state index in [0.717, 1.165) is 24.6 Å². The predicted octanol–water partition coefficient (Wildman–Crippen LogP) is 1.38. The summed E-state index contributed by atoms with van der Waals surface area (Å²) in [6.45, 7) is 3.10. The van der Waals surface area contributed by atoms with Crippen molar-refractivity contribution < 1.29 is 13.2 Å². The molecule has 13 heteroatoms. The van der Waals surface area contributed by atoms with E-state index >= 15 is 0 Å². The zero-order valence-electron chi connectivity index (χ0n) is 17.3. The van der Waals surface area contributed by atoms with Gasteiger partial charge in [-0.25, -0.2) is 13.4 Å². The molecule has 11 nitrogen and oxygen atoms in total. The van der Waals surface area contributed by atoms with Crippen molar-refractivity contribution in [3.8, 4) is 0 Å². The predicted molar refractivity (Wildman–Crippen MR) is 122 cm³/mol. The molecule has 1 aliphatic heterocycles. The van der Waals surface area contributed by atoms with Gasteiger partial charge >= 0.3 is 0 Å². The van der Waals surface area contributed by atoms with E-state index in [1.54, 1.807) is 12.1 Å². The molecule has 2 aromatic heterocycles. The van der Waals surface area contributed by atoms with Crippen LogP contribution in [0.2, 0.25) is 0 Å². The minimum absolute atomic E-state index is 0.0267. The first-order valence-electron chi connectivity index (χ1n) is 10.0. The number of piperidine rings is 1. The number of carbonyl (C=O) groups is 1. The molecule has 32 heavy (non-hydrogen) atoms. The fourth-order valence-corrected chi connectivity index (χ4v) is 5.79. The van der Waals surface area contributed by atoms with Gasteiger partial charge in [0, 0.05) is 18.8 Å². The number of aromatic nitrogens is 4. The highest BCUT2D eigenvalue weighted by atomic mass is 32.2. The number of carbonyl (C=O) groups excluding carboxylic acids is 1. The topological polar surface area (TPSA) is 167 Å². The number of anilines is 2. The zero-order chi connectivity index (χ0) is 22.9. The third-order valence-corrected chi connectivity index (χ3v) is 7.85. The van der Waals surface area contributed by atoms with Crippen LogP contribution in [-0.4, -0.2) is 57.4 Å². The molecule has 1 saturated heterocycles. The second-order valence-corrected chi connectivity index (χ2v) is 10.6. The molecule has 0 bridgehead atoms. The number of H-pyrrole nitrogens is 2. The number of rotatable bonds is 6. The normalized spacial score (nSPS) is 17.5. The number of benzene rings is 1. The number of aromatic amines is 2. The molecule has 1 amide bonds. The Kier molecular flexibility index (Phi) is 6.22. The highest BCUT2D eigenvalue weighted by Crippen LogP contribution is 2.24. The number of amides is 1. The van der Waals surface area contributed by atoms with E-state index in [-0.39, 0.29) is 33.7 Å². The Balaban J connectivity index is 1.37. The lowest BCUT2D eigenvalue weighted by atomic mass is 10.0. The van der Waals surface area contributed by atoms with Crippen LogP contribution in [0, 0.1) is 5.92 Å². The fourth-order valence-electron chi connectivity index (χ4n) is 3.53. The zero-order valence-corrected chi connectivity index (χ0v) is 18.9. The number of fused-ring (bicyclic) bond motifs is 1. The van der Waals surface area contributed by atoms with Crippen LogP contribution >= 0.6 is 11.8 Å².